The molecule has 0 aliphatic carbocycles. The van der Waals surface area contributed by atoms with E-state index in [1.54, 1.807) is 18.9 Å². The summed E-state index contributed by atoms with van der Waals surface area (Å²) in [6.07, 6.45) is -0.356. The number of ether oxygens (including phenoxy) is 3. The Hall–Kier alpha value is -0.810. The van der Waals surface area contributed by atoms with E-state index in [1.807, 2.05) is 13.8 Å². The summed E-state index contributed by atoms with van der Waals surface area (Å²) in [4.78, 5) is 14.1. The Kier molecular flexibility index (Phi) is 15.5. The molecule has 0 aromatic heterocycles. The topological polar surface area (TPSA) is 129 Å². The number of aliphatic hydroxyl groups excluding tert-OH is 4. The number of hydrogen-bond acceptors (Lipinski definition) is 8. The molecule has 9 nitrogen and oxygen atoms in total. The number of nitrogens with zero attached hydrogens (tertiary/aromatic N) is 1. The lowest BCUT2D eigenvalue weighted by atomic mass is 9.92. The van der Waals surface area contributed by atoms with Crippen molar-refractivity contribution in [3.63, 3.8) is 0 Å². The molecule has 2 saturated heterocycles. The maximum atomic E-state index is 12.4. The first-order chi connectivity index (χ1) is 14.4. The highest BCUT2D eigenvalue weighted by atomic mass is 16.7. The van der Waals surface area contributed by atoms with E-state index in [1.165, 1.54) is 0 Å². The molecule has 4 N–H and O–H groups in total. The van der Waals surface area contributed by atoms with E-state index in [9.17, 15) is 25.2 Å². The molecule has 2 unspecified atom stereocenters. The van der Waals surface area contributed by atoms with Gasteiger partial charge in [-0.1, -0.05) is 34.6 Å². The van der Waals surface area contributed by atoms with E-state index in [-0.39, 0.29) is 38.7 Å². The normalized spacial score (nSPS) is 32.8. The summed E-state index contributed by atoms with van der Waals surface area (Å²) in [5.74, 6) is -0.370. The summed E-state index contributed by atoms with van der Waals surface area (Å²) in [5.41, 5.74) is 0. The van der Waals surface area contributed by atoms with Crippen molar-refractivity contribution in [3.05, 3.63) is 0 Å². The van der Waals surface area contributed by atoms with E-state index in [0.717, 1.165) is 19.3 Å². The van der Waals surface area contributed by atoms with Crippen molar-refractivity contribution in [1.29, 1.82) is 0 Å². The smallest absolute Gasteiger partial charge is 0.222 e. The van der Waals surface area contributed by atoms with Crippen LogP contribution in [-0.4, -0.2) is 101 Å². The van der Waals surface area contributed by atoms with Gasteiger partial charge in [0.2, 0.25) is 5.91 Å². The Balaban J connectivity index is 0.00000291. The van der Waals surface area contributed by atoms with Gasteiger partial charge < -0.3 is 39.5 Å². The van der Waals surface area contributed by atoms with E-state index in [4.69, 9.17) is 14.2 Å². The zero-order valence-corrected chi connectivity index (χ0v) is 18.8. The number of likely N-dealkylation sites (tertiary alicyclic amines) is 1. The molecule has 0 aromatic rings. The summed E-state index contributed by atoms with van der Waals surface area (Å²) >= 11 is 0. The Morgan fingerprint density at radius 1 is 1.10 bits per heavy atom. The third-order valence-electron chi connectivity index (χ3n) is 5.75. The fourth-order valence-electron chi connectivity index (χ4n) is 3.83. The predicted octanol–water partition coefficient (Wildman–Crippen LogP) is 0.909. The predicted molar refractivity (Wildman–Crippen MR) is 117 cm³/mol. The van der Waals surface area contributed by atoms with Crippen molar-refractivity contribution in [2.75, 3.05) is 33.5 Å². The van der Waals surface area contributed by atoms with Crippen LogP contribution in [0.15, 0.2) is 0 Å². The van der Waals surface area contributed by atoms with Gasteiger partial charge in [-0.2, -0.15) is 0 Å². The molecule has 0 bridgehead atoms. The molecule has 2 heterocycles. The average Bonchev–Trinajstić information content (AvgIpc) is 3.21. The molecule has 2 aliphatic heterocycles. The van der Waals surface area contributed by atoms with Crippen LogP contribution in [0.4, 0.5) is 0 Å². The minimum absolute atomic E-state index is 0. The second kappa shape index (κ2) is 15.9. The van der Waals surface area contributed by atoms with Gasteiger partial charge in [0.15, 0.2) is 6.29 Å². The fourth-order valence-corrected chi connectivity index (χ4v) is 3.83. The number of rotatable bonds is 10. The number of carbonyl (C=O) groups excluding carboxylic acids is 1. The van der Waals surface area contributed by atoms with Crippen molar-refractivity contribution in [3.8, 4) is 0 Å². The van der Waals surface area contributed by atoms with Gasteiger partial charge in [0.1, 0.15) is 12.2 Å². The largest absolute Gasteiger partial charge is 0.394 e. The number of amides is 1. The van der Waals surface area contributed by atoms with Crippen LogP contribution in [0.1, 0.15) is 60.3 Å². The Bertz CT molecular complexity index is 478. The summed E-state index contributed by atoms with van der Waals surface area (Å²) in [7, 11) is 1.62. The zero-order chi connectivity index (χ0) is 22.7. The summed E-state index contributed by atoms with van der Waals surface area (Å²) in [6, 6.07) is -0.160. The summed E-state index contributed by atoms with van der Waals surface area (Å²) in [5, 5.41) is 38.5. The molecule has 9 heteroatoms. The Morgan fingerprint density at radius 2 is 1.77 bits per heavy atom. The first-order valence-corrected chi connectivity index (χ1v) is 11.1. The van der Waals surface area contributed by atoms with Crippen LogP contribution in [0, 0.1) is 5.92 Å². The number of unbranched alkanes of at least 4 members (excludes halogenated alkanes) is 2. The molecule has 7 atom stereocenters. The van der Waals surface area contributed by atoms with Gasteiger partial charge in [-0.15, -0.1) is 0 Å². The lowest BCUT2D eigenvalue weighted by Crippen LogP contribution is -2.55. The van der Waals surface area contributed by atoms with Gasteiger partial charge in [-0.05, 0) is 19.3 Å². The maximum absolute atomic E-state index is 12.4. The minimum Gasteiger partial charge on any atom is -0.394 e. The van der Waals surface area contributed by atoms with Gasteiger partial charge in [0.25, 0.3) is 0 Å². The fraction of sp³-hybridized carbons (Fsp3) is 0.955. The van der Waals surface area contributed by atoms with Crippen LogP contribution in [0.25, 0.3) is 0 Å². The van der Waals surface area contributed by atoms with E-state index in [2.05, 4.69) is 0 Å². The highest BCUT2D eigenvalue weighted by Crippen LogP contribution is 2.27. The molecule has 0 aromatic carbocycles. The molecule has 2 aliphatic rings. The minimum atomic E-state index is -1.13. The number of carbonyl (C=O) groups is 1. The zero-order valence-electron chi connectivity index (χ0n) is 18.8. The van der Waals surface area contributed by atoms with E-state index >= 15 is 0 Å². The Morgan fingerprint density at radius 3 is 2.35 bits per heavy atom. The van der Waals surface area contributed by atoms with Gasteiger partial charge in [-0.3, -0.25) is 4.79 Å². The van der Waals surface area contributed by atoms with Gasteiger partial charge in [-0.25, -0.2) is 0 Å². The number of hydrogen-bond donors (Lipinski definition) is 4. The third-order valence-corrected chi connectivity index (χ3v) is 5.75. The monoisotopic (exact) mass is 451 g/mol. The van der Waals surface area contributed by atoms with Crippen LogP contribution < -0.4 is 0 Å². The molecular formula is C22H45NO8. The van der Waals surface area contributed by atoms with Gasteiger partial charge in [0.05, 0.1) is 31.5 Å². The van der Waals surface area contributed by atoms with Crippen LogP contribution in [-0.2, 0) is 19.0 Å². The highest BCUT2D eigenvalue weighted by Gasteiger charge is 2.42. The quantitative estimate of drug-likeness (QED) is 0.361. The standard InChI is InChI=1S/C19H35NO8.C2H6.CH4/c1-12-17(24)18(25)15(11-22)28-19(12)27-7-5-3-4-6-16(23)20-9-14(26-2)8-13(20)10-21;1-2;/h12-15,17-19,21-22,24-25H,3-11H2,1-2H3;1-2H3;1H4/t12?,13-,14+,15?,17+,18-,19+;;/m0../s1. The van der Waals surface area contributed by atoms with Crippen molar-refractivity contribution in [2.24, 2.45) is 5.92 Å². The lowest BCUT2D eigenvalue weighted by molar-refractivity contribution is -0.282. The molecule has 0 spiro atoms. The van der Waals surface area contributed by atoms with Crippen LogP contribution in [0.3, 0.4) is 0 Å². The Labute approximate surface area is 187 Å². The van der Waals surface area contributed by atoms with Crippen LogP contribution in [0.2, 0.25) is 0 Å². The van der Waals surface area contributed by atoms with Crippen LogP contribution >= 0.6 is 0 Å². The van der Waals surface area contributed by atoms with Crippen molar-refractivity contribution < 1.29 is 39.4 Å². The van der Waals surface area contributed by atoms with E-state index < -0.39 is 30.5 Å². The molecule has 186 valence electrons. The van der Waals surface area contributed by atoms with E-state index in [0.29, 0.717) is 26.0 Å². The molecular weight excluding hydrogens is 406 g/mol. The van der Waals surface area contributed by atoms with Gasteiger partial charge >= 0.3 is 0 Å². The van der Waals surface area contributed by atoms with Crippen molar-refractivity contribution in [1.82, 2.24) is 4.90 Å². The second-order valence-corrected chi connectivity index (χ2v) is 7.72. The average molecular weight is 452 g/mol. The SMILES string of the molecule is C.CC.CO[C@@H]1C[C@@H](CO)N(C(=O)CCCCCO[C@@H]2OC(CO)[C@H](O)[C@H](O)C2C)C1. The molecule has 1 amide bonds. The molecule has 0 radical (unpaired) electrons. The first kappa shape index (κ1) is 30.2. The van der Waals surface area contributed by atoms with Crippen molar-refractivity contribution >= 4 is 5.91 Å². The molecule has 2 rings (SSSR count). The van der Waals surface area contributed by atoms with Crippen LogP contribution in [0.5, 0.6) is 0 Å². The first-order valence-electron chi connectivity index (χ1n) is 11.1. The number of methoxy groups -OCH3 is 1. The van der Waals surface area contributed by atoms with Crippen molar-refractivity contribution in [2.45, 2.75) is 97.0 Å². The summed E-state index contributed by atoms with van der Waals surface area (Å²) in [6.45, 7) is 6.22. The second-order valence-electron chi connectivity index (χ2n) is 7.72. The highest BCUT2D eigenvalue weighted by molar-refractivity contribution is 5.76. The number of aliphatic hydroxyl groups is 4. The lowest BCUT2D eigenvalue weighted by Gasteiger charge is -2.40. The molecule has 31 heavy (non-hydrogen) atoms. The maximum Gasteiger partial charge on any atom is 0.222 e. The third kappa shape index (κ3) is 8.57. The summed E-state index contributed by atoms with van der Waals surface area (Å²) < 4.78 is 16.5. The molecule has 0 saturated carbocycles. The van der Waals surface area contributed by atoms with Gasteiger partial charge in [0, 0.05) is 32.6 Å². The molecule has 2 fully saturated rings.